The van der Waals surface area contributed by atoms with Gasteiger partial charge in [0.05, 0.1) is 17.2 Å². The molecule has 25 heavy (non-hydrogen) atoms. The fourth-order valence-electron chi connectivity index (χ4n) is 3.41. The summed E-state index contributed by atoms with van der Waals surface area (Å²) in [4.78, 5) is 25.1. The second-order valence-electron chi connectivity index (χ2n) is 6.50. The number of anilines is 1. The summed E-state index contributed by atoms with van der Waals surface area (Å²) in [7, 11) is 0. The maximum absolute atomic E-state index is 12.5. The highest BCUT2D eigenvalue weighted by molar-refractivity contribution is 7.14. The Morgan fingerprint density at radius 3 is 2.84 bits per heavy atom. The standard InChI is InChI=1S/C18H22N4O2S/c23-18(16-4-3-15(25-16)14-2-1-11-24-14)21-13-5-9-22(10-6-13)17-12-19-7-8-20-17/h3-4,7-8,12-14H,1-2,5-6,9-11H2,(H,21,23). The smallest absolute Gasteiger partial charge is 0.261 e. The van der Waals surface area contributed by atoms with E-state index in [-0.39, 0.29) is 18.1 Å². The maximum Gasteiger partial charge on any atom is 0.261 e. The van der Waals surface area contributed by atoms with Gasteiger partial charge in [-0.15, -0.1) is 11.3 Å². The van der Waals surface area contributed by atoms with Gasteiger partial charge in [-0.25, -0.2) is 4.98 Å². The molecular formula is C18H22N4O2S. The molecule has 1 atom stereocenters. The predicted molar refractivity (Wildman–Crippen MR) is 97.0 cm³/mol. The van der Waals surface area contributed by atoms with Crippen molar-refractivity contribution in [3.63, 3.8) is 0 Å². The van der Waals surface area contributed by atoms with Crippen LogP contribution in [0.3, 0.4) is 0 Å². The molecule has 0 bridgehead atoms. The van der Waals surface area contributed by atoms with Gasteiger partial charge in [-0.3, -0.25) is 9.78 Å². The topological polar surface area (TPSA) is 67.4 Å². The second-order valence-corrected chi connectivity index (χ2v) is 7.62. The van der Waals surface area contributed by atoms with Gasteiger partial charge in [0.2, 0.25) is 0 Å². The molecule has 6 nitrogen and oxygen atoms in total. The second kappa shape index (κ2) is 7.49. The van der Waals surface area contributed by atoms with E-state index in [1.54, 1.807) is 29.9 Å². The van der Waals surface area contributed by atoms with Crippen LogP contribution in [0.4, 0.5) is 5.82 Å². The van der Waals surface area contributed by atoms with Crippen molar-refractivity contribution in [3.8, 4) is 0 Å². The Balaban J connectivity index is 1.30. The summed E-state index contributed by atoms with van der Waals surface area (Å²) < 4.78 is 5.70. The zero-order chi connectivity index (χ0) is 17.1. The minimum absolute atomic E-state index is 0.0344. The lowest BCUT2D eigenvalue weighted by Gasteiger charge is -2.32. The number of piperidine rings is 1. The molecule has 2 saturated heterocycles. The van der Waals surface area contributed by atoms with Gasteiger partial charge >= 0.3 is 0 Å². The summed E-state index contributed by atoms with van der Waals surface area (Å²) in [6, 6.07) is 4.17. The molecule has 1 N–H and O–H groups in total. The number of amides is 1. The molecule has 2 aliphatic rings. The molecule has 1 unspecified atom stereocenters. The van der Waals surface area contributed by atoms with Crippen LogP contribution < -0.4 is 10.2 Å². The van der Waals surface area contributed by atoms with Crippen LogP contribution in [-0.4, -0.2) is 41.6 Å². The van der Waals surface area contributed by atoms with Crippen LogP contribution in [-0.2, 0) is 4.74 Å². The quantitative estimate of drug-likeness (QED) is 0.910. The molecule has 4 rings (SSSR count). The number of carbonyl (C=O) groups excluding carboxylic acids is 1. The number of aromatic nitrogens is 2. The molecule has 132 valence electrons. The molecule has 4 heterocycles. The average Bonchev–Trinajstić information content (AvgIpc) is 3.35. The number of hydrogen-bond donors (Lipinski definition) is 1. The summed E-state index contributed by atoms with van der Waals surface area (Å²) in [6.07, 6.45) is 9.38. The van der Waals surface area contributed by atoms with E-state index in [1.165, 1.54) is 4.88 Å². The maximum atomic E-state index is 12.5. The Bertz CT molecular complexity index is 707. The Kier molecular flexibility index (Phi) is 4.94. The fourth-order valence-corrected chi connectivity index (χ4v) is 4.41. The lowest BCUT2D eigenvalue weighted by molar-refractivity contribution is 0.0935. The summed E-state index contributed by atoms with van der Waals surface area (Å²) in [6.45, 7) is 2.60. The van der Waals surface area contributed by atoms with Gasteiger partial charge in [0, 0.05) is 43.0 Å². The molecule has 0 aromatic carbocycles. The van der Waals surface area contributed by atoms with Crippen molar-refractivity contribution >= 4 is 23.1 Å². The number of thiophene rings is 1. The number of nitrogens with one attached hydrogen (secondary N) is 1. The molecule has 0 spiro atoms. The fraction of sp³-hybridized carbons (Fsp3) is 0.500. The van der Waals surface area contributed by atoms with E-state index in [9.17, 15) is 4.79 Å². The molecule has 7 heteroatoms. The summed E-state index contributed by atoms with van der Waals surface area (Å²) in [5.41, 5.74) is 0. The summed E-state index contributed by atoms with van der Waals surface area (Å²) in [5, 5.41) is 3.18. The highest BCUT2D eigenvalue weighted by Crippen LogP contribution is 2.33. The third-order valence-electron chi connectivity index (χ3n) is 4.80. The SMILES string of the molecule is O=C(NC1CCN(c2cnccn2)CC1)c1ccc(C2CCCO2)s1. The molecule has 0 aliphatic carbocycles. The van der Waals surface area contributed by atoms with E-state index in [0.29, 0.717) is 0 Å². The molecule has 2 fully saturated rings. The first-order chi connectivity index (χ1) is 12.3. The molecule has 2 aromatic rings. The lowest BCUT2D eigenvalue weighted by atomic mass is 10.1. The average molecular weight is 358 g/mol. The molecule has 0 saturated carbocycles. The van der Waals surface area contributed by atoms with Crippen molar-refractivity contribution in [2.24, 2.45) is 0 Å². The van der Waals surface area contributed by atoms with Gasteiger partial charge in [0.25, 0.3) is 5.91 Å². The van der Waals surface area contributed by atoms with Crippen molar-refractivity contribution in [2.45, 2.75) is 37.8 Å². The largest absolute Gasteiger partial charge is 0.373 e. The third-order valence-corrected chi connectivity index (χ3v) is 5.98. The van der Waals surface area contributed by atoms with E-state index in [4.69, 9.17) is 4.74 Å². The first-order valence-electron chi connectivity index (χ1n) is 8.83. The van der Waals surface area contributed by atoms with Crippen molar-refractivity contribution in [1.29, 1.82) is 0 Å². The highest BCUT2D eigenvalue weighted by Gasteiger charge is 2.24. The minimum atomic E-state index is 0.0344. The third kappa shape index (κ3) is 3.82. The monoisotopic (exact) mass is 358 g/mol. The van der Waals surface area contributed by atoms with Crippen LogP contribution >= 0.6 is 11.3 Å². The molecule has 0 radical (unpaired) electrons. The van der Waals surface area contributed by atoms with E-state index < -0.39 is 0 Å². The Hall–Kier alpha value is -1.99. The van der Waals surface area contributed by atoms with Gasteiger partial charge < -0.3 is 15.0 Å². The van der Waals surface area contributed by atoms with Crippen molar-refractivity contribution in [1.82, 2.24) is 15.3 Å². The number of carbonyl (C=O) groups is 1. The lowest BCUT2D eigenvalue weighted by Crippen LogP contribution is -2.44. The number of rotatable bonds is 4. The van der Waals surface area contributed by atoms with Gasteiger partial charge in [-0.2, -0.15) is 0 Å². The van der Waals surface area contributed by atoms with Crippen molar-refractivity contribution < 1.29 is 9.53 Å². The highest BCUT2D eigenvalue weighted by atomic mass is 32.1. The van der Waals surface area contributed by atoms with Crippen LogP contribution in [0.2, 0.25) is 0 Å². The molecule has 2 aliphatic heterocycles. The van der Waals surface area contributed by atoms with E-state index in [2.05, 4.69) is 20.2 Å². The number of nitrogens with zero attached hydrogens (tertiary/aromatic N) is 3. The molecule has 1 amide bonds. The van der Waals surface area contributed by atoms with E-state index in [0.717, 1.165) is 56.1 Å². The van der Waals surface area contributed by atoms with Gasteiger partial charge in [0.15, 0.2) is 0 Å². The van der Waals surface area contributed by atoms with Crippen molar-refractivity contribution in [3.05, 3.63) is 40.5 Å². The number of ether oxygens (including phenoxy) is 1. The summed E-state index contributed by atoms with van der Waals surface area (Å²) in [5.74, 6) is 0.943. The molecular weight excluding hydrogens is 336 g/mol. The van der Waals surface area contributed by atoms with E-state index >= 15 is 0 Å². The summed E-state index contributed by atoms with van der Waals surface area (Å²) >= 11 is 1.56. The van der Waals surface area contributed by atoms with Gasteiger partial charge in [-0.05, 0) is 37.8 Å². The van der Waals surface area contributed by atoms with Gasteiger partial charge in [0.1, 0.15) is 5.82 Å². The minimum Gasteiger partial charge on any atom is -0.373 e. The first-order valence-corrected chi connectivity index (χ1v) is 9.64. The first kappa shape index (κ1) is 16.5. The van der Waals surface area contributed by atoms with Crippen LogP contribution in [0, 0.1) is 0 Å². The van der Waals surface area contributed by atoms with Crippen LogP contribution in [0.15, 0.2) is 30.7 Å². The van der Waals surface area contributed by atoms with Crippen LogP contribution in [0.1, 0.15) is 46.3 Å². The van der Waals surface area contributed by atoms with E-state index in [1.807, 2.05) is 12.1 Å². The zero-order valence-corrected chi connectivity index (χ0v) is 14.9. The Morgan fingerprint density at radius 2 is 2.12 bits per heavy atom. The molecule has 2 aromatic heterocycles. The Morgan fingerprint density at radius 1 is 1.24 bits per heavy atom. The zero-order valence-electron chi connectivity index (χ0n) is 14.1. The van der Waals surface area contributed by atoms with Crippen LogP contribution in [0.25, 0.3) is 0 Å². The Labute approximate surface area is 151 Å². The normalized spacial score (nSPS) is 21.4. The predicted octanol–water partition coefficient (Wildman–Crippen LogP) is 2.79. The number of hydrogen-bond acceptors (Lipinski definition) is 6. The van der Waals surface area contributed by atoms with Crippen LogP contribution in [0.5, 0.6) is 0 Å². The van der Waals surface area contributed by atoms with Crippen molar-refractivity contribution in [2.75, 3.05) is 24.6 Å². The van der Waals surface area contributed by atoms with Gasteiger partial charge in [-0.1, -0.05) is 0 Å².